The summed E-state index contributed by atoms with van der Waals surface area (Å²) in [7, 11) is 0. The Morgan fingerprint density at radius 1 is 1.19 bits per heavy atom. The summed E-state index contributed by atoms with van der Waals surface area (Å²) in [4.78, 5) is 11.5. The van der Waals surface area contributed by atoms with Crippen molar-refractivity contribution in [2.75, 3.05) is 0 Å². The Morgan fingerprint density at radius 3 is 2.62 bits per heavy atom. The van der Waals surface area contributed by atoms with Crippen molar-refractivity contribution in [3.8, 4) is 0 Å². The summed E-state index contributed by atoms with van der Waals surface area (Å²) in [5, 5.41) is 0. The molecule has 32 heavy (non-hydrogen) atoms. The Kier molecular flexibility index (Phi) is 6.62. The number of carbonyl (C=O) groups excluding carboxylic acids is 1. The smallest absolute Gasteiger partial charge is 0.302 e. The molecule has 0 N–H and O–H groups in total. The molecule has 0 amide bonds. The van der Waals surface area contributed by atoms with E-state index >= 15 is 0 Å². The molecule has 0 aromatic rings. The first-order chi connectivity index (χ1) is 14.9. The van der Waals surface area contributed by atoms with Crippen molar-refractivity contribution >= 4 is 5.97 Å². The highest BCUT2D eigenvalue weighted by Gasteiger charge is 2.59. The van der Waals surface area contributed by atoms with Crippen molar-refractivity contribution in [3.05, 3.63) is 11.6 Å². The van der Waals surface area contributed by atoms with Gasteiger partial charge in [0.05, 0.1) is 0 Å². The van der Waals surface area contributed by atoms with Crippen molar-refractivity contribution in [1.29, 1.82) is 0 Å². The van der Waals surface area contributed by atoms with Gasteiger partial charge in [0.15, 0.2) is 0 Å². The Balaban J connectivity index is 1.45. The van der Waals surface area contributed by atoms with Gasteiger partial charge in [-0.3, -0.25) is 4.79 Å². The number of hydrogen-bond donors (Lipinski definition) is 0. The van der Waals surface area contributed by atoms with Gasteiger partial charge in [0.1, 0.15) is 11.8 Å². The van der Waals surface area contributed by atoms with Crippen LogP contribution in [-0.2, 0) is 9.53 Å². The SMILES string of the molecule is CC(=O)OC1CC[C@@]2(C)C(=CCC3C2CC[C@@]2(C)C3CC[C@@H]2[C@H](C)CCCC(C)(C)F)C1. The normalized spacial score (nSPS) is 42.3. The summed E-state index contributed by atoms with van der Waals surface area (Å²) in [6.07, 6.45) is 15.3. The monoisotopic (exact) mass is 446 g/mol. The van der Waals surface area contributed by atoms with Crippen LogP contribution in [0.4, 0.5) is 4.39 Å². The third-order valence-corrected chi connectivity index (χ3v) is 10.6. The predicted octanol–water partition coefficient (Wildman–Crippen LogP) is 8.05. The fraction of sp³-hybridized carbons (Fsp3) is 0.897. The van der Waals surface area contributed by atoms with Crippen LogP contribution in [0.1, 0.15) is 112 Å². The first kappa shape index (κ1) is 24.3. The maximum absolute atomic E-state index is 14.0. The summed E-state index contributed by atoms with van der Waals surface area (Å²) >= 11 is 0. The lowest BCUT2D eigenvalue weighted by atomic mass is 9.47. The highest BCUT2D eigenvalue weighted by molar-refractivity contribution is 5.66. The molecule has 4 aliphatic rings. The van der Waals surface area contributed by atoms with E-state index in [-0.39, 0.29) is 12.1 Å². The maximum Gasteiger partial charge on any atom is 0.302 e. The van der Waals surface area contributed by atoms with Gasteiger partial charge in [-0.05, 0) is 106 Å². The van der Waals surface area contributed by atoms with Crippen LogP contribution in [0.25, 0.3) is 0 Å². The molecular weight excluding hydrogens is 399 g/mol. The lowest BCUT2D eigenvalue weighted by Crippen LogP contribution is -2.51. The molecule has 0 spiro atoms. The van der Waals surface area contributed by atoms with E-state index < -0.39 is 5.67 Å². The standard InChI is InChI=1S/C29H47FO2/c1-19(8-7-15-27(3,4)30)24-11-12-25-23-10-9-21-18-22(32-20(2)31)13-16-28(21,5)26(23)14-17-29(24,25)6/h9,19,22-26H,7-8,10-18H2,1-6H3/t19-,22?,23?,24-,25?,26?,28+,29-/m1/s1. The molecule has 0 aromatic heterocycles. The molecule has 0 radical (unpaired) electrons. The average Bonchev–Trinajstić information content (AvgIpc) is 3.04. The molecule has 4 rings (SSSR count). The van der Waals surface area contributed by atoms with E-state index in [2.05, 4.69) is 26.8 Å². The zero-order chi connectivity index (χ0) is 23.3. The van der Waals surface area contributed by atoms with Gasteiger partial charge in [0.25, 0.3) is 0 Å². The molecule has 3 heteroatoms. The number of rotatable bonds is 6. The summed E-state index contributed by atoms with van der Waals surface area (Å²) in [6.45, 7) is 12.6. The number of esters is 1. The molecule has 182 valence electrons. The molecule has 3 fully saturated rings. The molecule has 0 saturated heterocycles. The van der Waals surface area contributed by atoms with E-state index in [1.807, 2.05) is 0 Å². The second-order valence-corrected chi connectivity index (χ2v) is 13.1. The maximum atomic E-state index is 14.0. The molecule has 4 unspecified atom stereocenters. The Labute approximate surface area is 196 Å². The molecule has 0 aromatic carbocycles. The number of hydrogen-bond acceptors (Lipinski definition) is 2. The fourth-order valence-corrected chi connectivity index (χ4v) is 8.98. The van der Waals surface area contributed by atoms with Crippen LogP contribution in [-0.4, -0.2) is 17.7 Å². The highest BCUT2D eigenvalue weighted by atomic mass is 19.1. The summed E-state index contributed by atoms with van der Waals surface area (Å²) in [5.74, 6) is 3.81. The van der Waals surface area contributed by atoms with Crippen molar-refractivity contribution < 1.29 is 13.9 Å². The van der Waals surface area contributed by atoms with Crippen molar-refractivity contribution in [2.45, 2.75) is 124 Å². The van der Waals surface area contributed by atoms with Gasteiger partial charge in [-0.2, -0.15) is 0 Å². The van der Waals surface area contributed by atoms with E-state index in [4.69, 9.17) is 4.74 Å². The Hall–Kier alpha value is -0.860. The van der Waals surface area contributed by atoms with Crippen molar-refractivity contribution in [2.24, 2.45) is 40.4 Å². The highest BCUT2D eigenvalue weighted by Crippen LogP contribution is 2.67. The minimum absolute atomic E-state index is 0.0863. The van der Waals surface area contributed by atoms with Crippen LogP contribution >= 0.6 is 0 Å². The predicted molar refractivity (Wildman–Crippen MR) is 129 cm³/mol. The number of halogens is 1. The lowest BCUT2D eigenvalue weighted by molar-refractivity contribution is -0.148. The van der Waals surface area contributed by atoms with Gasteiger partial charge in [-0.25, -0.2) is 4.39 Å². The summed E-state index contributed by atoms with van der Waals surface area (Å²) in [5.41, 5.74) is 1.31. The first-order valence-corrected chi connectivity index (χ1v) is 13.5. The van der Waals surface area contributed by atoms with Crippen LogP contribution in [0, 0.1) is 40.4 Å². The quantitative estimate of drug-likeness (QED) is 0.305. The van der Waals surface area contributed by atoms with Gasteiger partial charge in [0.2, 0.25) is 0 Å². The second kappa shape index (κ2) is 8.73. The molecule has 0 heterocycles. The number of fused-ring (bicyclic) bond motifs is 5. The van der Waals surface area contributed by atoms with E-state index in [0.29, 0.717) is 23.2 Å². The minimum atomic E-state index is -1.03. The third-order valence-electron chi connectivity index (χ3n) is 10.6. The molecule has 4 aliphatic carbocycles. The van der Waals surface area contributed by atoms with Crippen LogP contribution in [0.5, 0.6) is 0 Å². The van der Waals surface area contributed by atoms with Crippen molar-refractivity contribution in [3.63, 3.8) is 0 Å². The zero-order valence-corrected chi connectivity index (χ0v) is 21.5. The molecule has 8 atom stereocenters. The van der Waals surface area contributed by atoms with Crippen LogP contribution in [0.15, 0.2) is 11.6 Å². The number of allylic oxidation sites excluding steroid dienone is 1. The van der Waals surface area contributed by atoms with Crippen LogP contribution < -0.4 is 0 Å². The summed E-state index contributed by atoms with van der Waals surface area (Å²) in [6, 6.07) is 0. The molecule has 0 bridgehead atoms. The number of alkyl halides is 1. The van der Waals surface area contributed by atoms with Gasteiger partial charge < -0.3 is 4.74 Å². The fourth-order valence-electron chi connectivity index (χ4n) is 8.98. The van der Waals surface area contributed by atoms with Crippen molar-refractivity contribution in [1.82, 2.24) is 0 Å². The topological polar surface area (TPSA) is 26.3 Å². The van der Waals surface area contributed by atoms with E-state index in [1.165, 1.54) is 51.9 Å². The first-order valence-electron chi connectivity index (χ1n) is 13.5. The third kappa shape index (κ3) is 4.43. The Bertz CT molecular complexity index is 736. The van der Waals surface area contributed by atoms with E-state index in [9.17, 15) is 9.18 Å². The Morgan fingerprint density at radius 2 is 1.94 bits per heavy atom. The molecule has 3 saturated carbocycles. The molecule has 2 nitrogen and oxygen atoms in total. The van der Waals surface area contributed by atoms with Crippen LogP contribution in [0.2, 0.25) is 0 Å². The summed E-state index contributed by atoms with van der Waals surface area (Å²) < 4.78 is 19.6. The van der Waals surface area contributed by atoms with E-state index in [0.717, 1.165) is 42.9 Å². The lowest BCUT2D eigenvalue weighted by Gasteiger charge is -2.58. The minimum Gasteiger partial charge on any atom is -0.462 e. The van der Waals surface area contributed by atoms with Gasteiger partial charge in [-0.15, -0.1) is 0 Å². The van der Waals surface area contributed by atoms with Gasteiger partial charge >= 0.3 is 5.97 Å². The largest absolute Gasteiger partial charge is 0.462 e. The second-order valence-electron chi connectivity index (χ2n) is 13.1. The van der Waals surface area contributed by atoms with Gasteiger partial charge in [-0.1, -0.05) is 45.3 Å². The molecule has 0 aliphatic heterocycles. The number of carbonyl (C=O) groups is 1. The number of ether oxygens (including phenoxy) is 1. The van der Waals surface area contributed by atoms with E-state index in [1.54, 1.807) is 19.4 Å². The zero-order valence-electron chi connectivity index (χ0n) is 21.5. The average molecular weight is 447 g/mol. The van der Waals surface area contributed by atoms with Gasteiger partial charge in [0, 0.05) is 13.3 Å². The molecular formula is C29H47FO2. The van der Waals surface area contributed by atoms with Crippen LogP contribution in [0.3, 0.4) is 0 Å².